The average molecular weight is 855 g/mol. The highest BCUT2D eigenvalue weighted by Crippen LogP contribution is 2.15. The molecule has 0 radical (unpaired) electrons. The summed E-state index contributed by atoms with van der Waals surface area (Å²) in [5, 5.41) is 0. The summed E-state index contributed by atoms with van der Waals surface area (Å²) < 4.78 is 16.8. The molecule has 61 heavy (non-hydrogen) atoms. The molecule has 0 amide bonds. The molecule has 0 rings (SSSR count). The third kappa shape index (κ3) is 48.3. The van der Waals surface area contributed by atoms with E-state index in [1.807, 2.05) is 0 Å². The Hall–Kier alpha value is -2.63. The maximum absolute atomic E-state index is 12.8. The molecular weight excluding hydrogens is 757 g/mol. The highest BCUT2D eigenvalue weighted by molar-refractivity contribution is 5.71. The van der Waals surface area contributed by atoms with Gasteiger partial charge in [0.15, 0.2) is 6.10 Å². The van der Waals surface area contributed by atoms with Gasteiger partial charge in [0.2, 0.25) is 0 Å². The van der Waals surface area contributed by atoms with Gasteiger partial charge in [0.05, 0.1) is 0 Å². The lowest BCUT2D eigenvalue weighted by molar-refractivity contribution is -0.167. The number of esters is 3. The van der Waals surface area contributed by atoms with E-state index in [1.165, 1.54) is 128 Å². The van der Waals surface area contributed by atoms with Gasteiger partial charge in [-0.25, -0.2) is 0 Å². The Balaban J connectivity index is 4.37. The van der Waals surface area contributed by atoms with E-state index in [-0.39, 0.29) is 31.1 Å². The second-order valence-electron chi connectivity index (χ2n) is 17.4. The van der Waals surface area contributed by atoms with Gasteiger partial charge in [0, 0.05) is 19.3 Å². The predicted octanol–water partition coefficient (Wildman–Crippen LogP) is 17.1. The molecule has 1 unspecified atom stereocenters. The molecule has 0 aliphatic carbocycles. The number of hydrogen-bond acceptors (Lipinski definition) is 6. The molecule has 0 saturated carbocycles. The summed E-state index contributed by atoms with van der Waals surface area (Å²) in [5.74, 6) is -0.888. The number of hydrogen-bond donors (Lipinski definition) is 0. The summed E-state index contributed by atoms with van der Waals surface area (Å²) in [6.07, 6.45) is 59.5. The van der Waals surface area contributed by atoms with Crippen LogP contribution in [0.3, 0.4) is 0 Å². The molecule has 0 spiro atoms. The molecule has 0 aliphatic heterocycles. The minimum Gasteiger partial charge on any atom is -0.462 e. The van der Waals surface area contributed by atoms with Gasteiger partial charge in [-0.05, 0) is 77.0 Å². The number of carbonyl (C=O) groups is 3. The van der Waals surface area contributed by atoms with Gasteiger partial charge in [0.25, 0.3) is 0 Å². The predicted molar refractivity (Wildman–Crippen MR) is 261 cm³/mol. The van der Waals surface area contributed by atoms with Crippen LogP contribution in [0.1, 0.15) is 265 Å². The molecule has 0 aliphatic rings. The molecule has 0 N–H and O–H groups in total. The summed E-state index contributed by atoms with van der Waals surface area (Å²) in [5.41, 5.74) is 0. The van der Waals surface area contributed by atoms with Crippen molar-refractivity contribution in [2.45, 2.75) is 271 Å². The molecule has 0 aromatic heterocycles. The van der Waals surface area contributed by atoms with Crippen molar-refractivity contribution in [3.05, 3.63) is 48.6 Å². The van der Waals surface area contributed by atoms with E-state index in [0.29, 0.717) is 19.3 Å². The van der Waals surface area contributed by atoms with Gasteiger partial charge in [-0.15, -0.1) is 0 Å². The van der Waals surface area contributed by atoms with Crippen LogP contribution in [-0.4, -0.2) is 37.2 Å². The summed E-state index contributed by atoms with van der Waals surface area (Å²) in [4.78, 5) is 38.0. The van der Waals surface area contributed by atoms with E-state index in [4.69, 9.17) is 14.2 Å². The topological polar surface area (TPSA) is 78.9 Å². The third-order valence-electron chi connectivity index (χ3n) is 11.3. The number of allylic oxidation sites excluding steroid dienone is 8. The molecule has 1 atom stereocenters. The fraction of sp³-hybridized carbons (Fsp3) is 0.800. The number of carbonyl (C=O) groups excluding carboxylic acids is 3. The van der Waals surface area contributed by atoms with Crippen LogP contribution in [0, 0.1) is 0 Å². The number of unbranched alkanes of at least 4 members (excludes halogenated alkanes) is 28. The van der Waals surface area contributed by atoms with E-state index in [9.17, 15) is 14.4 Å². The zero-order valence-corrected chi connectivity index (χ0v) is 40.4. The first-order chi connectivity index (χ1) is 30.0. The van der Waals surface area contributed by atoms with Crippen molar-refractivity contribution in [3.8, 4) is 0 Å². The maximum atomic E-state index is 12.8. The molecule has 0 heterocycles. The Bertz CT molecular complexity index is 1070. The third-order valence-corrected chi connectivity index (χ3v) is 11.3. The Kier molecular flexibility index (Phi) is 47.9. The van der Waals surface area contributed by atoms with Crippen molar-refractivity contribution in [2.75, 3.05) is 13.2 Å². The second-order valence-corrected chi connectivity index (χ2v) is 17.4. The molecule has 0 saturated heterocycles. The molecule has 0 aromatic rings. The van der Waals surface area contributed by atoms with Crippen LogP contribution in [0.2, 0.25) is 0 Å². The standard InChI is InChI=1S/C55H98O6/c1-4-7-10-13-16-19-22-25-26-27-28-31-33-36-39-42-45-48-54(57)60-51-52(61-55(58)49-46-43-40-37-34-30-24-21-18-15-12-9-6-3)50-59-53(56)47-44-41-38-35-32-29-23-20-17-14-11-8-5-2/h7,10,16,19,21,24-26,52H,4-6,8-9,11-15,17-18,20,22-23,27-51H2,1-3H3/b10-7-,19-16-,24-21-,26-25-. The van der Waals surface area contributed by atoms with Crippen molar-refractivity contribution in [3.63, 3.8) is 0 Å². The van der Waals surface area contributed by atoms with E-state index in [1.54, 1.807) is 0 Å². The molecular formula is C55H98O6. The van der Waals surface area contributed by atoms with E-state index in [2.05, 4.69) is 69.4 Å². The first-order valence-corrected chi connectivity index (χ1v) is 26.1. The first kappa shape index (κ1) is 58.4. The SMILES string of the molecule is CC/C=C\C/C=C\C/C=C\CCCCCCCCCC(=O)OCC(COC(=O)CCCCCCCCCCCCCCC)OC(=O)CCCCCCC/C=C\CCCCCC. The Morgan fingerprint density at radius 1 is 0.344 bits per heavy atom. The van der Waals surface area contributed by atoms with Crippen LogP contribution in [0.25, 0.3) is 0 Å². The lowest BCUT2D eigenvalue weighted by Gasteiger charge is -2.18. The van der Waals surface area contributed by atoms with Crippen LogP contribution >= 0.6 is 0 Å². The quantitative estimate of drug-likeness (QED) is 0.0263. The average Bonchev–Trinajstić information content (AvgIpc) is 3.26. The maximum Gasteiger partial charge on any atom is 0.306 e. The van der Waals surface area contributed by atoms with Crippen LogP contribution < -0.4 is 0 Å². The van der Waals surface area contributed by atoms with Gasteiger partial charge in [-0.3, -0.25) is 14.4 Å². The molecule has 0 aromatic carbocycles. The Morgan fingerprint density at radius 2 is 0.639 bits per heavy atom. The molecule has 354 valence electrons. The van der Waals surface area contributed by atoms with Crippen molar-refractivity contribution in [1.82, 2.24) is 0 Å². The van der Waals surface area contributed by atoms with Gasteiger partial charge >= 0.3 is 17.9 Å². The minimum atomic E-state index is -0.778. The summed E-state index contributed by atoms with van der Waals surface area (Å²) >= 11 is 0. The number of rotatable bonds is 47. The monoisotopic (exact) mass is 855 g/mol. The molecule has 0 fully saturated rings. The molecule has 6 heteroatoms. The summed E-state index contributed by atoms with van der Waals surface area (Å²) in [7, 11) is 0. The van der Waals surface area contributed by atoms with Crippen LogP contribution in [0.4, 0.5) is 0 Å². The highest BCUT2D eigenvalue weighted by Gasteiger charge is 2.19. The van der Waals surface area contributed by atoms with Crippen LogP contribution in [0.15, 0.2) is 48.6 Å². The lowest BCUT2D eigenvalue weighted by Crippen LogP contribution is -2.30. The Morgan fingerprint density at radius 3 is 1.03 bits per heavy atom. The fourth-order valence-electron chi connectivity index (χ4n) is 7.39. The summed E-state index contributed by atoms with van der Waals surface area (Å²) in [6.45, 7) is 6.51. The largest absolute Gasteiger partial charge is 0.462 e. The summed E-state index contributed by atoms with van der Waals surface area (Å²) in [6, 6.07) is 0. The van der Waals surface area contributed by atoms with Crippen molar-refractivity contribution in [2.24, 2.45) is 0 Å². The smallest absolute Gasteiger partial charge is 0.306 e. The van der Waals surface area contributed by atoms with E-state index in [0.717, 1.165) is 96.3 Å². The van der Waals surface area contributed by atoms with Gasteiger partial charge < -0.3 is 14.2 Å². The normalized spacial score (nSPS) is 12.4. The van der Waals surface area contributed by atoms with E-state index >= 15 is 0 Å². The van der Waals surface area contributed by atoms with E-state index < -0.39 is 6.10 Å². The molecule has 0 bridgehead atoms. The van der Waals surface area contributed by atoms with Crippen molar-refractivity contribution in [1.29, 1.82) is 0 Å². The second kappa shape index (κ2) is 50.0. The number of ether oxygens (including phenoxy) is 3. The van der Waals surface area contributed by atoms with Crippen LogP contribution in [-0.2, 0) is 28.6 Å². The van der Waals surface area contributed by atoms with Crippen LogP contribution in [0.5, 0.6) is 0 Å². The lowest BCUT2D eigenvalue weighted by atomic mass is 10.0. The van der Waals surface area contributed by atoms with Crippen molar-refractivity contribution >= 4 is 17.9 Å². The van der Waals surface area contributed by atoms with Gasteiger partial charge in [0.1, 0.15) is 13.2 Å². The minimum absolute atomic E-state index is 0.0772. The molecule has 6 nitrogen and oxygen atoms in total. The highest BCUT2D eigenvalue weighted by atomic mass is 16.6. The van der Waals surface area contributed by atoms with Gasteiger partial charge in [-0.2, -0.15) is 0 Å². The fourth-order valence-corrected chi connectivity index (χ4v) is 7.39. The van der Waals surface area contributed by atoms with Gasteiger partial charge in [-0.1, -0.05) is 217 Å². The first-order valence-electron chi connectivity index (χ1n) is 26.1. The zero-order valence-electron chi connectivity index (χ0n) is 40.4. The zero-order chi connectivity index (χ0) is 44.4. The Labute approximate surface area is 378 Å². The van der Waals surface area contributed by atoms with Crippen molar-refractivity contribution < 1.29 is 28.6 Å².